The second-order valence-electron chi connectivity index (χ2n) is 5.81. The van der Waals surface area contributed by atoms with Crippen LogP contribution in [0.5, 0.6) is 5.75 Å². The Morgan fingerprint density at radius 3 is 2.50 bits per heavy atom. The minimum Gasteiger partial charge on any atom is -0.497 e. The van der Waals surface area contributed by atoms with Crippen molar-refractivity contribution >= 4 is 15.9 Å². The van der Waals surface area contributed by atoms with Gasteiger partial charge in [-0.25, -0.2) is 13.1 Å². The van der Waals surface area contributed by atoms with Gasteiger partial charge in [0.1, 0.15) is 12.4 Å². The fourth-order valence-corrected chi connectivity index (χ4v) is 3.66. The van der Waals surface area contributed by atoms with Gasteiger partial charge < -0.3 is 14.4 Å². The molecule has 1 N–H and O–H groups in total. The summed E-state index contributed by atoms with van der Waals surface area (Å²) in [5.74, 6) is 0.484. The van der Waals surface area contributed by atoms with Crippen LogP contribution in [0.2, 0.25) is 0 Å². The number of sulfonamides is 1. The van der Waals surface area contributed by atoms with Crippen molar-refractivity contribution in [3.05, 3.63) is 29.8 Å². The summed E-state index contributed by atoms with van der Waals surface area (Å²) in [5, 5.41) is 0. The first-order valence-electron chi connectivity index (χ1n) is 7.80. The zero-order valence-electron chi connectivity index (χ0n) is 14.2. The molecule has 1 fully saturated rings. The predicted molar refractivity (Wildman–Crippen MR) is 90.6 cm³/mol. The summed E-state index contributed by atoms with van der Waals surface area (Å²) in [6, 6.07) is 7.10. The Kier molecular flexibility index (Phi) is 6.20. The summed E-state index contributed by atoms with van der Waals surface area (Å²) in [6.07, 6.45) is 1.13. The quantitative estimate of drug-likeness (QED) is 0.772. The van der Waals surface area contributed by atoms with E-state index >= 15 is 0 Å². The Bertz CT molecular complexity index is 660. The Morgan fingerprint density at radius 2 is 1.96 bits per heavy atom. The molecule has 2 atom stereocenters. The molecule has 0 spiro atoms. The average molecular weight is 356 g/mol. The largest absolute Gasteiger partial charge is 0.497 e. The fourth-order valence-electron chi connectivity index (χ4n) is 2.87. The van der Waals surface area contributed by atoms with E-state index in [0.717, 1.165) is 17.6 Å². The third-order valence-electron chi connectivity index (χ3n) is 4.01. The SMILES string of the molecule is CCOCC(=O)N1C[C@H](NS(C)(=O)=O)[C@@H](c2ccc(OC)cc2)C1. The Hall–Kier alpha value is -1.64. The molecule has 1 aromatic carbocycles. The van der Waals surface area contributed by atoms with Crippen molar-refractivity contribution in [1.29, 1.82) is 0 Å². The first-order chi connectivity index (χ1) is 11.3. The highest BCUT2D eigenvalue weighted by Gasteiger charge is 2.37. The number of methoxy groups -OCH3 is 1. The van der Waals surface area contributed by atoms with Gasteiger partial charge >= 0.3 is 0 Å². The van der Waals surface area contributed by atoms with E-state index in [0.29, 0.717) is 19.7 Å². The van der Waals surface area contributed by atoms with Gasteiger partial charge in [-0.1, -0.05) is 12.1 Å². The second-order valence-corrected chi connectivity index (χ2v) is 7.59. The van der Waals surface area contributed by atoms with E-state index in [1.54, 1.807) is 12.0 Å². The Balaban J connectivity index is 2.18. The lowest BCUT2D eigenvalue weighted by atomic mass is 9.95. The van der Waals surface area contributed by atoms with Crippen LogP contribution in [0, 0.1) is 0 Å². The zero-order valence-corrected chi connectivity index (χ0v) is 15.0. The molecular weight excluding hydrogens is 332 g/mol. The monoisotopic (exact) mass is 356 g/mol. The van der Waals surface area contributed by atoms with Crippen molar-refractivity contribution in [2.75, 3.05) is 39.7 Å². The lowest BCUT2D eigenvalue weighted by Crippen LogP contribution is -2.40. The number of likely N-dealkylation sites (tertiary alicyclic amines) is 1. The maximum atomic E-state index is 12.2. The number of rotatable bonds is 7. The molecule has 24 heavy (non-hydrogen) atoms. The molecule has 7 nitrogen and oxygen atoms in total. The van der Waals surface area contributed by atoms with Gasteiger partial charge in [-0.3, -0.25) is 4.79 Å². The molecule has 0 radical (unpaired) electrons. The first kappa shape index (κ1) is 18.7. The van der Waals surface area contributed by atoms with E-state index in [2.05, 4.69) is 4.72 Å². The molecule has 1 saturated heterocycles. The minimum absolute atomic E-state index is 0.0113. The van der Waals surface area contributed by atoms with E-state index in [-0.39, 0.29) is 24.5 Å². The standard InChI is InChI=1S/C16H24N2O5S/c1-4-23-11-16(19)18-9-14(15(10-18)17-24(3,20)21)12-5-7-13(22-2)8-6-12/h5-8,14-15,17H,4,9-11H2,1-3H3/t14-,15+/m1/s1. The van der Waals surface area contributed by atoms with Gasteiger partial charge in [-0.05, 0) is 24.6 Å². The number of carbonyl (C=O) groups excluding carboxylic acids is 1. The van der Waals surface area contributed by atoms with Crippen molar-refractivity contribution in [2.24, 2.45) is 0 Å². The minimum atomic E-state index is -3.37. The third-order valence-corrected chi connectivity index (χ3v) is 4.74. The van der Waals surface area contributed by atoms with Crippen LogP contribution in [0.3, 0.4) is 0 Å². The average Bonchev–Trinajstić information content (AvgIpc) is 2.94. The predicted octanol–water partition coefficient (Wildman–Crippen LogP) is 0.575. The number of amides is 1. The van der Waals surface area contributed by atoms with Crippen molar-refractivity contribution in [1.82, 2.24) is 9.62 Å². The van der Waals surface area contributed by atoms with Crippen molar-refractivity contribution < 1.29 is 22.7 Å². The second kappa shape index (κ2) is 7.96. The lowest BCUT2D eigenvalue weighted by Gasteiger charge is -2.18. The van der Waals surface area contributed by atoms with E-state index in [1.807, 2.05) is 31.2 Å². The highest BCUT2D eigenvalue weighted by atomic mass is 32.2. The van der Waals surface area contributed by atoms with Crippen LogP contribution >= 0.6 is 0 Å². The van der Waals surface area contributed by atoms with Crippen LogP contribution in [0.1, 0.15) is 18.4 Å². The molecule has 0 aliphatic carbocycles. The number of benzene rings is 1. The highest BCUT2D eigenvalue weighted by Crippen LogP contribution is 2.29. The molecule has 0 bridgehead atoms. The number of nitrogens with one attached hydrogen (secondary N) is 1. The van der Waals surface area contributed by atoms with Gasteiger partial charge in [0.15, 0.2) is 0 Å². The molecule has 1 amide bonds. The van der Waals surface area contributed by atoms with Gasteiger partial charge in [-0.2, -0.15) is 0 Å². The molecule has 1 aliphatic rings. The number of hydrogen-bond donors (Lipinski definition) is 1. The summed E-state index contributed by atoms with van der Waals surface area (Å²) < 4.78 is 36.3. The smallest absolute Gasteiger partial charge is 0.248 e. The van der Waals surface area contributed by atoms with Crippen LogP contribution in [-0.2, 0) is 19.6 Å². The molecule has 0 aromatic heterocycles. The fraction of sp³-hybridized carbons (Fsp3) is 0.562. The molecule has 1 aliphatic heterocycles. The zero-order chi connectivity index (χ0) is 17.7. The normalized spacial score (nSPS) is 21.0. The van der Waals surface area contributed by atoms with E-state index in [4.69, 9.17) is 9.47 Å². The van der Waals surface area contributed by atoms with Gasteiger partial charge in [-0.15, -0.1) is 0 Å². The van der Waals surface area contributed by atoms with Crippen LogP contribution in [0.15, 0.2) is 24.3 Å². The van der Waals surface area contributed by atoms with Crippen LogP contribution in [0.25, 0.3) is 0 Å². The number of nitrogens with zero attached hydrogens (tertiary/aromatic N) is 1. The molecule has 0 saturated carbocycles. The summed E-state index contributed by atoms with van der Waals surface area (Å²) >= 11 is 0. The van der Waals surface area contributed by atoms with Gasteiger partial charge in [0.05, 0.1) is 13.4 Å². The number of ether oxygens (including phenoxy) is 2. The summed E-state index contributed by atoms with van der Waals surface area (Å²) in [4.78, 5) is 13.8. The van der Waals surface area contributed by atoms with Gasteiger partial charge in [0.25, 0.3) is 0 Å². The highest BCUT2D eigenvalue weighted by molar-refractivity contribution is 7.88. The first-order valence-corrected chi connectivity index (χ1v) is 9.70. The number of carbonyl (C=O) groups is 1. The lowest BCUT2D eigenvalue weighted by molar-refractivity contribution is -0.135. The molecule has 2 rings (SSSR count). The topological polar surface area (TPSA) is 84.9 Å². The molecule has 0 unspecified atom stereocenters. The Morgan fingerprint density at radius 1 is 1.29 bits per heavy atom. The van der Waals surface area contributed by atoms with E-state index in [9.17, 15) is 13.2 Å². The summed E-state index contributed by atoms with van der Waals surface area (Å²) in [7, 11) is -1.78. The number of hydrogen-bond acceptors (Lipinski definition) is 5. The van der Waals surface area contributed by atoms with Gasteiger partial charge in [0.2, 0.25) is 15.9 Å². The van der Waals surface area contributed by atoms with Gasteiger partial charge in [0, 0.05) is 31.7 Å². The summed E-state index contributed by atoms with van der Waals surface area (Å²) in [6.45, 7) is 3.08. The third kappa shape index (κ3) is 4.93. The van der Waals surface area contributed by atoms with Crippen LogP contribution in [0.4, 0.5) is 0 Å². The maximum absolute atomic E-state index is 12.2. The van der Waals surface area contributed by atoms with Crippen LogP contribution < -0.4 is 9.46 Å². The molecule has 1 heterocycles. The van der Waals surface area contributed by atoms with E-state index in [1.165, 1.54) is 0 Å². The van der Waals surface area contributed by atoms with Crippen LogP contribution in [-0.4, -0.2) is 64.9 Å². The van der Waals surface area contributed by atoms with E-state index < -0.39 is 10.0 Å². The maximum Gasteiger partial charge on any atom is 0.248 e. The molecule has 1 aromatic rings. The summed E-state index contributed by atoms with van der Waals surface area (Å²) in [5.41, 5.74) is 0.962. The van der Waals surface area contributed by atoms with Crippen molar-refractivity contribution in [3.63, 3.8) is 0 Å². The van der Waals surface area contributed by atoms with Crippen molar-refractivity contribution in [3.8, 4) is 5.75 Å². The molecule has 8 heteroatoms. The van der Waals surface area contributed by atoms with Crippen molar-refractivity contribution in [2.45, 2.75) is 18.9 Å². The molecular formula is C16H24N2O5S. The molecule has 134 valence electrons. The Labute approximate surface area is 143 Å².